The topological polar surface area (TPSA) is 49.3 Å². The van der Waals surface area contributed by atoms with Crippen molar-refractivity contribution in [3.8, 4) is 0 Å². The van der Waals surface area contributed by atoms with E-state index in [1.54, 1.807) is 6.07 Å². The van der Waals surface area contributed by atoms with Crippen molar-refractivity contribution in [3.63, 3.8) is 0 Å². The van der Waals surface area contributed by atoms with Gasteiger partial charge in [0.05, 0.1) is 6.10 Å². The molecule has 1 rings (SSSR count). The first kappa shape index (κ1) is 13.2. The smallest absolute Gasteiger partial charge is 0.251 e. The highest BCUT2D eigenvalue weighted by atomic mass is 79.9. The molecule has 1 amide bonds. The summed E-state index contributed by atoms with van der Waals surface area (Å²) in [6.07, 6.45) is 0.161. The Morgan fingerprint density at radius 3 is 2.88 bits per heavy atom. The molecule has 0 fully saturated rings. The molecule has 88 valence electrons. The number of hydrogen-bond donors (Lipinski definition) is 2. The van der Waals surface area contributed by atoms with Crippen molar-refractivity contribution in [2.45, 2.75) is 26.4 Å². The minimum atomic E-state index is -0.476. The molecule has 1 unspecified atom stereocenters. The summed E-state index contributed by atoms with van der Waals surface area (Å²) in [4.78, 5) is 11.8. The van der Waals surface area contributed by atoms with Crippen LogP contribution in [-0.4, -0.2) is 23.7 Å². The molecule has 0 spiro atoms. The van der Waals surface area contributed by atoms with Gasteiger partial charge < -0.3 is 10.4 Å². The minimum absolute atomic E-state index is 0.147. The Morgan fingerprint density at radius 1 is 1.56 bits per heavy atom. The summed E-state index contributed by atoms with van der Waals surface area (Å²) >= 11 is 3.38. The van der Waals surface area contributed by atoms with Crippen LogP contribution in [0.3, 0.4) is 0 Å². The predicted octanol–water partition coefficient (Wildman–Crippen LogP) is 2.26. The maximum atomic E-state index is 11.8. The van der Waals surface area contributed by atoms with E-state index in [1.807, 2.05) is 26.0 Å². The second-order valence-corrected chi connectivity index (χ2v) is 4.54. The molecule has 0 radical (unpaired) electrons. The van der Waals surface area contributed by atoms with Gasteiger partial charge in [0.25, 0.3) is 5.91 Å². The molecule has 2 N–H and O–H groups in total. The second-order valence-electron chi connectivity index (χ2n) is 3.68. The van der Waals surface area contributed by atoms with E-state index in [0.29, 0.717) is 18.5 Å². The third-order valence-electron chi connectivity index (χ3n) is 2.48. The van der Waals surface area contributed by atoms with Crippen LogP contribution in [0.1, 0.15) is 29.3 Å². The lowest BCUT2D eigenvalue weighted by Gasteiger charge is -2.11. The maximum absolute atomic E-state index is 11.8. The summed E-state index contributed by atoms with van der Waals surface area (Å²) < 4.78 is 0.913. The molecule has 1 aromatic carbocycles. The van der Waals surface area contributed by atoms with Crippen molar-refractivity contribution in [3.05, 3.63) is 33.8 Å². The fourth-order valence-corrected chi connectivity index (χ4v) is 1.67. The van der Waals surface area contributed by atoms with Gasteiger partial charge >= 0.3 is 0 Å². The Balaban J connectivity index is 2.70. The summed E-state index contributed by atoms with van der Waals surface area (Å²) in [5, 5.41) is 12.1. The molecule has 0 aliphatic heterocycles. The van der Waals surface area contributed by atoms with Crippen LogP contribution in [0.5, 0.6) is 0 Å². The van der Waals surface area contributed by atoms with Crippen LogP contribution in [0.2, 0.25) is 0 Å². The molecule has 1 aromatic rings. The first-order valence-corrected chi connectivity index (χ1v) is 6.07. The fraction of sp³-hybridized carbons (Fsp3) is 0.417. The van der Waals surface area contributed by atoms with E-state index in [2.05, 4.69) is 21.2 Å². The molecule has 1 atom stereocenters. The number of carbonyl (C=O) groups is 1. The first-order valence-electron chi connectivity index (χ1n) is 5.27. The van der Waals surface area contributed by atoms with Crippen molar-refractivity contribution in [2.24, 2.45) is 0 Å². The minimum Gasteiger partial charge on any atom is -0.391 e. The largest absolute Gasteiger partial charge is 0.391 e. The van der Waals surface area contributed by atoms with E-state index in [4.69, 9.17) is 0 Å². The van der Waals surface area contributed by atoms with Crippen molar-refractivity contribution in [1.82, 2.24) is 5.32 Å². The zero-order chi connectivity index (χ0) is 12.1. The summed E-state index contributed by atoms with van der Waals surface area (Å²) in [7, 11) is 0. The number of rotatable bonds is 4. The zero-order valence-corrected chi connectivity index (χ0v) is 11.0. The van der Waals surface area contributed by atoms with Gasteiger partial charge in [0.15, 0.2) is 0 Å². The van der Waals surface area contributed by atoms with Crippen LogP contribution in [0, 0.1) is 6.92 Å². The number of aliphatic hydroxyl groups excluding tert-OH is 1. The standard InChI is InChI=1S/C12H16BrNO2/c1-3-9(15)7-14-12(16)10-5-4-6-11(13)8(10)2/h4-6,9,15H,3,7H2,1-2H3,(H,14,16). The molecule has 4 heteroatoms. The molecule has 0 aliphatic carbocycles. The summed E-state index contributed by atoms with van der Waals surface area (Å²) in [5.74, 6) is -0.147. The van der Waals surface area contributed by atoms with Gasteiger partial charge in [-0.15, -0.1) is 0 Å². The maximum Gasteiger partial charge on any atom is 0.251 e. The number of aliphatic hydroxyl groups is 1. The lowest BCUT2D eigenvalue weighted by molar-refractivity contribution is 0.0913. The van der Waals surface area contributed by atoms with Gasteiger partial charge in [-0.05, 0) is 31.0 Å². The molecule has 16 heavy (non-hydrogen) atoms. The van der Waals surface area contributed by atoms with Gasteiger partial charge in [0.2, 0.25) is 0 Å². The van der Waals surface area contributed by atoms with Gasteiger partial charge in [-0.1, -0.05) is 28.9 Å². The molecule has 0 bridgehead atoms. The lowest BCUT2D eigenvalue weighted by Crippen LogP contribution is -2.32. The van der Waals surface area contributed by atoms with E-state index in [9.17, 15) is 9.90 Å². The normalized spacial score (nSPS) is 12.2. The summed E-state index contributed by atoms with van der Waals surface area (Å²) in [6.45, 7) is 4.05. The first-order chi connectivity index (χ1) is 7.56. The van der Waals surface area contributed by atoms with Crippen LogP contribution in [0.15, 0.2) is 22.7 Å². The number of benzene rings is 1. The van der Waals surface area contributed by atoms with Crippen molar-refractivity contribution >= 4 is 21.8 Å². The third-order valence-corrected chi connectivity index (χ3v) is 3.34. The fourth-order valence-electron chi connectivity index (χ4n) is 1.30. The third kappa shape index (κ3) is 3.32. The Morgan fingerprint density at radius 2 is 2.25 bits per heavy atom. The van der Waals surface area contributed by atoms with Gasteiger partial charge in [0.1, 0.15) is 0 Å². The molecule has 0 heterocycles. The monoisotopic (exact) mass is 285 g/mol. The van der Waals surface area contributed by atoms with Crippen molar-refractivity contribution in [1.29, 1.82) is 0 Å². The highest BCUT2D eigenvalue weighted by Crippen LogP contribution is 2.19. The van der Waals surface area contributed by atoms with E-state index in [-0.39, 0.29) is 5.91 Å². The van der Waals surface area contributed by atoms with Crippen LogP contribution in [0.4, 0.5) is 0 Å². The number of nitrogens with one attached hydrogen (secondary N) is 1. The molecule has 0 saturated carbocycles. The van der Waals surface area contributed by atoms with Crippen LogP contribution < -0.4 is 5.32 Å². The van der Waals surface area contributed by atoms with E-state index in [0.717, 1.165) is 10.0 Å². The van der Waals surface area contributed by atoms with Gasteiger partial charge in [0, 0.05) is 16.6 Å². The molecular formula is C12H16BrNO2. The average molecular weight is 286 g/mol. The summed E-state index contributed by atoms with van der Waals surface area (Å²) in [6, 6.07) is 5.49. The Kier molecular flexibility index (Phi) is 4.96. The summed E-state index contributed by atoms with van der Waals surface area (Å²) in [5.41, 5.74) is 1.55. The van der Waals surface area contributed by atoms with Crippen molar-refractivity contribution in [2.75, 3.05) is 6.54 Å². The number of carbonyl (C=O) groups excluding carboxylic acids is 1. The quantitative estimate of drug-likeness (QED) is 0.892. The lowest BCUT2D eigenvalue weighted by atomic mass is 10.1. The van der Waals surface area contributed by atoms with Crippen LogP contribution in [0.25, 0.3) is 0 Å². The predicted molar refractivity (Wildman–Crippen MR) is 67.5 cm³/mol. The molecule has 0 saturated heterocycles. The Labute approximate surface area is 104 Å². The molecule has 0 aromatic heterocycles. The molecule has 0 aliphatic rings. The highest BCUT2D eigenvalue weighted by Gasteiger charge is 2.11. The zero-order valence-electron chi connectivity index (χ0n) is 9.46. The Bertz CT molecular complexity index is 379. The number of hydrogen-bond acceptors (Lipinski definition) is 2. The second kappa shape index (κ2) is 6.01. The number of amides is 1. The van der Waals surface area contributed by atoms with Gasteiger partial charge in [-0.25, -0.2) is 0 Å². The number of halogens is 1. The van der Waals surface area contributed by atoms with E-state index < -0.39 is 6.10 Å². The Hall–Kier alpha value is -0.870. The van der Waals surface area contributed by atoms with E-state index in [1.165, 1.54) is 0 Å². The van der Waals surface area contributed by atoms with Gasteiger partial charge in [-0.2, -0.15) is 0 Å². The van der Waals surface area contributed by atoms with Crippen LogP contribution in [-0.2, 0) is 0 Å². The van der Waals surface area contributed by atoms with Crippen molar-refractivity contribution < 1.29 is 9.90 Å². The van der Waals surface area contributed by atoms with Gasteiger partial charge in [-0.3, -0.25) is 4.79 Å². The van der Waals surface area contributed by atoms with E-state index >= 15 is 0 Å². The van der Waals surface area contributed by atoms with Crippen LogP contribution >= 0.6 is 15.9 Å². The molecule has 3 nitrogen and oxygen atoms in total. The highest BCUT2D eigenvalue weighted by molar-refractivity contribution is 9.10. The molecular weight excluding hydrogens is 270 g/mol. The SMILES string of the molecule is CCC(O)CNC(=O)c1cccc(Br)c1C. The average Bonchev–Trinajstić information content (AvgIpc) is 2.29.